The highest BCUT2D eigenvalue weighted by molar-refractivity contribution is 9.10. The summed E-state index contributed by atoms with van der Waals surface area (Å²) in [5, 5.41) is 0. The highest BCUT2D eigenvalue weighted by atomic mass is 79.9. The molecule has 0 N–H and O–H groups in total. The van der Waals surface area contributed by atoms with E-state index >= 15 is 0 Å². The molecule has 7 heteroatoms. The average molecular weight is 387 g/mol. The van der Waals surface area contributed by atoms with Gasteiger partial charge < -0.3 is 14.5 Å². The van der Waals surface area contributed by atoms with Gasteiger partial charge in [0.25, 0.3) is 0 Å². The number of anilines is 1. The van der Waals surface area contributed by atoms with Crippen LogP contribution in [0.5, 0.6) is 0 Å². The third-order valence-corrected chi connectivity index (χ3v) is 3.92. The predicted molar refractivity (Wildman–Crippen MR) is 89.5 cm³/mol. The van der Waals surface area contributed by atoms with Crippen LogP contribution >= 0.6 is 15.9 Å². The molecule has 1 aromatic rings. The molecule has 0 aliphatic carbocycles. The zero-order valence-electron chi connectivity index (χ0n) is 13.4. The smallest absolute Gasteiger partial charge is 0.410 e. The molecule has 1 fully saturated rings. The zero-order valence-corrected chi connectivity index (χ0v) is 15.0. The second-order valence-electron chi connectivity index (χ2n) is 6.39. The Morgan fingerprint density at radius 3 is 2.39 bits per heavy atom. The van der Waals surface area contributed by atoms with Crippen LogP contribution in [0.25, 0.3) is 0 Å². The van der Waals surface area contributed by atoms with E-state index in [2.05, 4.69) is 15.9 Å². The minimum Gasteiger partial charge on any atom is -0.444 e. The molecule has 5 nitrogen and oxygen atoms in total. The Kier molecular flexibility index (Phi) is 5.29. The van der Waals surface area contributed by atoms with Gasteiger partial charge in [-0.3, -0.25) is 4.79 Å². The standard InChI is InChI=1S/C16H20BrFN2O3/c1-16(2,3)23-15(22)20-6-4-19(5-7-20)14-9-11(17)8-13(18)12(14)10-21/h8-10H,4-7H2,1-3H3. The fourth-order valence-corrected chi connectivity index (χ4v) is 2.82. The molecule has 1 aliphatic rings. The first-order valence-corrected chi connectivity index (χ1v) is 8.17. The number of carbonyl (C=O) groups excluding carboxylic acids is 2. The Balaban J connectivity index is 2.08. The van der Waals surface area contributed by atoms with Gasteiger partial charge in [-0.15, -0.1) is 0 Å². The molecule has 0 spiro atoms. The number of halogens is 2. The quantitative estimate of drug-likeness (QED) is 0.730. The fourth-order valence-electron chi connectivity index (χ4n) is 2.41. The summed E-state index contributed by atoms with van der Waals surface area (Å²) < 4.78 is 19.8. The Morgan fingerprint density at radius 1 is 1.26 bits per heavy atom. The number of amides is 1. The van der Waals surface area contributed by atoms with E-state index in [-0.39, 0.29) is 11.7 Å². The van der Waals surface area contributed by atoms with E-state index in [9.17, 15) is 14.0 Å². The number of piperazine rings is 1. The number of nitrogens with zero attached hydrogens (tertiary/aromatic N) is 2. The zero-order chi connectivity index (χ0) is 17.2. The number of hydrogen-bond acceptors (Lipinski definition) is 4. The molecule has 0 aromatic heterocycles. The maximum atomic E-state index is 13.9. The van der Waals surface area contributed by atoms with Gasteiger partial charge in [0.2, 0.25) is 0 Å². The van der Waals surface area contributed by atoms with Crippen molar-refractivity contribution in [1.82, 2.24) is 4.90 Å². The van der Waals surface area contributed by atoms with Gasteiger partial charge in [-0.05, 0) is 32.9 Å². The lowest BCUT2D eigenvalue weighted by Crippen LogP contribution is -2.50. The molecule has 0 bridgehead atoms. The molecule has 1 amide bonds. The minimum atomic E-state index is -0.557. The number of rotatable bonds is 2. The van der Waals surface area contributed by atoms with Crippen LogP contribution < -0.4 is 4.90 Å². The molecular weight excluding hydrogens is 367 g/mol. The van der Waals surface area contributed by atoms with Crippen LogP contribution in [0.3, 0.4) is 0 Å². The molecule has 2 rings (SSSR count). The third kappa shape index (κ3) is 4.43. The summed E-state index contributed by atoms with van der Waals surface area (Å²) in [6.45, 7) is 7.40. The lowest BCUT2D eigenvalue weighted by atomic mass is 10.1. The van der Waals surface area contributed by atoms with Gasteiger partial charge in [0.05, 0.1) is 11.3 Å². The number of hydrogen-bond donors (Lipinski definition) is 0. The highest BCUT2D eigenvalue weighted by Gasteiger charge is 2.27. The highest BCUT2D eigenvalue weighted by Crippen LogP contribution is 2.28. The first-order valence-electron chi connectivity index (χ1n) is 7.38. The van der Waals surface area contributed by atoms with Gasteiger partial charge in [-0.2, -0.15) is 0 Å². The summed E-state index contributed by atoms with van der Waals surface area (Å²) in [6.07, 6.45) is 0.172. The first-order chi connectivity index (χ1) is 10.7. The topological polar surface area (TPSA) is 49.9 Å². The van der Waals surface area contributed by atoms with Crippen LogP contribution in [0.15, 0.2) is 16.6 Å². The second-order valence-corrected chi connectivity index (χ2v) is 7.31. The molecule has 0 unspecified atom stereocenters. The predicted octanol–water partition coefficient (Wildman–Crippen LogP) is 3.46. The fraction of sp³-hybridized carbons (Fsp3) is 0.500. The summed E-state index contributed by atoms with van der Waals surface area (Å²) in [6, 6.07) is 2.99. The monoisotopic (exact) mass is 386 g/mol. The van der Waals surface area contributed by atoms with Crippen LogP contribution in [-0.4, -0.2) is 49.1 Å². The summed E-state index contributed by atoms with van der Waals surface area (Å²) in [5.74, 6) is -0.557. The summed E-state index contributed by atoms with van der Waals surface area (Å²) in [4.78, 5) is 26.7. The minimum absolute atomic E-state index is 0.0407. The molecule has 1 aliphatic heterocycles. The van der Waals surface area contributed by atoms with E-state index in [1.165, 1.54) is 6.07 Å². The molecule has 0 atom stereocenters. The molecule has 1 saturated heterocycles. The Morgan fingerprint density at radius 2 is 1.87 bits per heavy atom. The molecule has 126 valence electrons. The van der Waals surface area contributed by atoms with Crippen molar-refractivity contribution in [2.45, 2.75) is 26.4 Å². The average Bonchev–Trinajstić information content (AvgIpc) is 2.45. The maximum absolute atomic E-state index is 13.9. The van der Waals surface area contributed by atoms with Crippen LogP contribution in [-0.2, 0) is 4.74 Å². The van der Waals surface area contributed by atoms with E-state index in [0.717, 1.165) is 0 Å². The van der Waals surface area contributed by atoms with Crippen molar-refractivity contribution in [3.63, 3.8) is 0 Å². The van der Waals surface area contributed by atoms with Gasteiger partial charge in [0.1, 0.15) is 11.4 Å². The van der Waals surface area contributed by atoms with Crippen LogP contribution in [0.2, 0.25) is 0 Å². The third-order valence-electron chi connectivity index (χ3n) is 3.46. The number of aldehydes is 1. The summed E-state index contributed by atoms with van der Waals surface area (Å²) in [7, 11) is 0. The molecule has 1 aromatic carbocycles. The van der Waals surface area contributed by atoms with E-state index < -0.39 is 11.4 Å². The van der Waals surface area contributed by atoms with Crippen molar-refractivity contribution in [1.29, 1.82) is 0 Å². The van der Waals surface area contributed by atoms with Crippen LogP contribution in [0.4, 0.5) is 14.9 Å². The SMILES string of the molecule is CC(C)(C)OC(=O)N1CCN(c2cc(Br)cc(F)c2C=O)CC1. The van der Waals surface area contributed by atoms with Gasteiger partial charge in [0, 0.05) is 30.7 Å². The van der Waals surface area contributed by atoms with Gasteiger partial charge >= 0.3 is 6.09 Å². The van der Waals surface area contributed by atoms with Gasteiger partial charge in [-0.1, -0.05) is 15.9 Å². The number of carbonyl (C=O) groups is 2. The molecule has 0 saturated carbocycles. The maximum Gasteiger partial charge on any atom is 0.410 e. The molecule has 23 heavy (non-hydrogen) atoms. The Bertz CT molecular complexity index is 608. The van der Waals surface area contributed by atoms with Gasteiger partial charge in [0.15, 0.2) is 6.29 Å². The molecule has 1 heterocycles. The first kappa shape index (κ1) is 17.7. The lowest BCUT2D eigenvalue weighted by Gasteiger charge is -2.37. The van der Waals surface area contributed by atoms with E-state index in [1.807, 2.05) is 25.7 Å². The Hall–Kier alpha value is -1.63. The van der Waals surface area contributed by atoms with Crippen molar-refractivity contribution >= 4 is 34.0 Å². The molecular formula is C16H20BrFN2O3. The number of benzene rings is 1. The van der Waals surface area contributed by atoms with Crippen LogP contribution in [0, 0.1) is 5.82 Å². The number of ether oxygens (including phenoxy) is 1. The Labute approximate surface area is 143 Å². The van der Waals surface area contributed by atoms with E-state index in [1.54, 1.807) is 11.0 Å². The summed E-state index contributed by atoms with van der Waals surface area (Å²) in [5.41, 5.74) is 0.0430. The van der Waals surface area contributed by atoms with Crippen LogP contribution in [0.1, 0.15) is 31.1 Å². The largest absolute Gasteiger partial charge is 0.444 e. The van der Waals surface area contributed by atoms with Crippen molar-refractivity contribution in [3.05, 3.63) is 28.0 Å². The van der Waals surface area contributed by atoms with Crippen molar-refractivity contribution in [2.24, 2.45) is 0 Å². The second kappa shape index (κ2) is 6.86. The van der Waals surface area contributed by atoms with Crippen molar-refractivity contribution < 1.29 is 18.7 Å². The molecule has 0 radical (unpaired) electrons. The normalized spacial score (nSPS) is 15.5. The van der Waals surface area contributed by atoms with Gasteiger partial charge in [-0.25, -0.2) is 9.18 Å². The van der Waals surface area contributed by atoms with Crippen molar-refractivity contribution in [3.8, 4) is 0 Å². The van der Waals surface area contributed by atoms with E-state index in [0.29, 0.717) is 42.6 Å². The summed E-state index contributed by atoms with van der Waals surface area (Å²) >= 11 is 3.24. The lowest BCUT2D eigenvalue weighted by molar-refractivity contribution is 0.0240. The van der Waals surface area contributed by atoms with Crippen molar-refractivity contribution in [2.75, 3.05) is 31.1 Å². The van der Waals surface area contributed by atoms with E-state index in [4.69, 9.17) is 4.74 Å².